The third-order valence-electron chi connectivity index (χ3n) is 6.39. The molecule has 4 aromatic rings. The number of carbonyl (C=O) groups is 1. The fraction of sp³-hybridized carbons (Fsp3) is 0.250. The Morgan fingerprint density at radius 3 is 2.81 bits per heavy atom. The average Bonchev–Trinajstić information content (AvgIpc) is 3.51. The van der Waals surface area contributed by atoms with Crippen molar-refractivity contribution in [3.05, 3.63) is 59.5 Å². The number of benzene rings is 2. The lowest BCUT2D eigenvalue weighted by Crippen LogP contribution is -2.48. The van der Waals surface area contributed by atoms with E-state index in [1.165, 1.54) is 4.68 Å². The van der Waals surface area contributed by atoms with Crippen LogP contribution >= 0.6 is 11.8 Å². The molecule has 0 saturated heterocycles. The van der Waals surface area contributed by atoms with Crippen LogP contribution in [0.3, 0.4) is 0 Å². The summed E-state index contributed by atoms with van der Waals surface area (Å²) in [7, 11) is 1.54. The third kappa shape index (κ3) is 3.24. The summed E-state index contributed by atoms with van der Waals surface area (Å²) < 4.78 is 55.0. The van der Waals surface area contributed by atoms with Crippen molar-refractivity contribution < 1.29 is 27.1 Å². The second-order valence-corrected chi connectivity index (χ2v) is 9.80. The van der Waals surface area contributed by atoms with Crippen molar-refractivity contribution in [1.29, 1.82) is 0 Å². The van der Waals surface area contributed by atoms with E-state index in [0.29, 0.717) is 59.2 Å². The van der Waals surface area contributed by atoms with Crippen LogP contribution in [0.2, 0.25) is 0 Å². The number of aromatic nitrogens is 4. The molecule has 1 spiro atoms. The molecule has 2 aromatic heterocycles. The van der Waals surface area contributed by atoms with Gasteiger partial charge in [-0.15, -0.1) is 5.10 Å². The van der Waals surface area contributed by atoms with E-state index in [2.05, 4.69) is 20.6 Å². The number of nitrogens with one attached hydrogen (secondary N) is 1. The summed E-state index contributed by atoms with van der Waals surface area (Å²) in [6.07, 6.45) is 3.07. The van der Waals surface area contributed by atoms with E-state index in [4.69, 9.17) is 9.15 Å². The molecule has 12 heteroatoms. The van der Waals surface area contributed by atoms with Gasteiger partial charge in [0.1, 0.15) is 11.4 Å². The van der Waals surface area contributed by atoms with Gasteiger partial charge in [-0.2, -0.15) is 0 Å². The van der Waals surface area contributed by atoms with E-state index < -0.39 is 28.2 Å². The molecule has 1 unspecified atom stereocenters. The number of ether oxygens (including phenoxy) is 1. The highest BCUT2D eigenvalue weighted by Crippen LogP contribution is 2.52. The molecule has 0 bridgehead atoms. The second-order valence-electron chi connectivity index (χ2n) is 8.51. The normalized spacial score (nSPS) is 18.6. The average molecular weight is 514 g/mol. The Morgan fingerprint density at radius 2 is 2.06 bits per heavy atom. The first-order chi connectivity index (χ1) is 17.3. The van der Waals surface area contributed by atoms with Crippen LogP contribution in [0.4, 0.5) is 18.9 Å². The Hall–Kier alpha value is -3.80. The molecule has 0 radical (unpaired) electrons. The number of aryl methyl sites for hydroxylation is 1. The molecule has 1 amide bonds. The fourth-order valence-corrected chi connectivity index (χ4v) is 6.04. The highest BCUT2D eigenvalue weighted by Gasteiger charge is 2.50. The van der Waals surface area contributed by atoms with Crippen LogP contribution in [0.15, 0.2) is 39.8 Å². The minimum absolute atomic E-state index is 0.109. The van der Waals surface area contributed by atoms with Gasteiger partial charge in [0.25, 0.3) is 5.91 Å². The zero-order chi connectivity index (χ0) is 25.2. The molecule has 0 saturated carbocycles. The molecule has 6 rings (SSSR count). The molecule has 0 fully saturated rings. The Balaban J connectivity index is 1.43. The maximum Gasteiger partial charge on any atom is 0.263 e. The number of hydrogen-bond donors (Lipinski definition) is 1. The third-order valence-corrected chi connectivity index (χ3v) is 7.89. The quantitative estimate of drug-likeness (QED) is 0.382. The molecule has 2 aliphatic rings. The molecule has 0 aliphatic carbocycles. The van der Waals surface area contributed by atoms with Crippen molar-refractivity contribution in [2.75, 3.05) is 12.4 Å². The van der Waals surface area contributed by atoms with Crippen molar-refractivity contribution in [3.8, 4) is 28.3 Å². The van der Waals surface area contributed by atoms with Crippen LogP contribution in [0.5, 0.6) is 5.75 Å². The number of amides is 1. The summed E-state index contributed by atoms with van der Waals surface area (Å²) in [5, 5.41) is 11.1. The molecule has 4 heterocycles. The molecule has 2 aromatic carbocycles. The molecule has 1 N–H and O–H groups in total. The highest BCUT2D eigenvalue weighted by molar-refractivity contribution is 8.01. The standard InChI is InChI=1S/C24H18F3N5O3S/c1-11-28-10-18(35-11)13-6-5-12(8-17(13)34-2)21-16-4-3-7-24(32(16)31-30-21)23(33)29-15-9-14(25)19(26)20(27)22(15)36-24/h5-6,8-10H,3-4,7H2,1-2H3,(H,29,33). The number of thioether (sulfide) groups is 1. The lowest BCUT2D eigenvalue weighted by Gasteiger charge is -2.39. The van der Waals surface area contributed by atoms with Crippen molar-refractivity contribution in [1.82, 2.24) is 20.0 Å². The number of oxazole rings is 1. The van der Waals surface area contributed by atoms with Crippen LogP contribution < -0.4 is 10.1 Å². The lowest BCUT2D eigenvalue weighted by molar-refractivity contribution is -0.121. The van der Waals surface area contributed by atoms with Gasteiger partial charge in [-0.1, -0.05) is 23.0 Å². The molecule has 8 nitrogen and oxygen atoms in total. The maximum absolute atomic E-state index is 14.7. The minimum atomic E-state index is -1.59. The first-order valence-corrected chi connectivity index (χ1v) is 11.9. The van der Waals surface area contributed by atoms with E-state index in [1.54, 1.807) is 26.3 Å². The minimum Gasteiger partial charge on any atom is -0.496 e. The van der Waals surface area contributed by atoms with Gasteiger partial charge in [0, 0.05) is 18.6 Å². The monoisotopic (exact) mass is 513 g/mol. The predicted molar refractivity (Wildman–Crippen MR) is 124 cm³/mol. The van der Waals surface area contributed by atoms with Crippen LogP contribution in [0, 0.1) is 24.4 Å². The fourth-order valence-electron chi connectivity index (χ4n) is 4.68. The van der Waals surface area contributed by atoms with Gasteiger partial charge >= 0.3 is 0 Å². The second kappa shape index (κ2) is 8.12. The number of anilines is 1. The van der Waals surface area contributed by atoms with Gasteiger partial charge in [0.05, 0.1) is 35.1 Å². The summed E-state index contributed by atoms with van der Waals surface area (Å²) in [6, 6.07) is 6.24. The van der Waals surface area contributed by atoms with Crippen molar-refractivity contribution >= 4 is 23.4 Å². The van der Waals surface area contributed by atoms with Gasteiger partial charge < -0.3 is 14.5 Å². The largest absolute Gasteiger partial charge is 0.496 e. The molecule has 184 valence electrons. The molecule has 36 heavy (non-hydrogen) atoms. The van der Waals surface area contributed by atoms with E-state index in [9.17, 15) is 18.0 Å². The molecule has 2 aliphatic heterocycles. The topological polar surface area (TPSA) is 95.1 Å². The van der Waals surface area contributed by atoms with Gasteiger partial charge in [-0.05, 0) is 31.4 Å². The van der Waals surface area contributed by atoms with Crippen LogP contribution in [0.25, 0.3) is 22.6 Å². The summed E-state index contributed by atoms with van der Waals surface area (Å²) in [4.78, 5) is 15.8. The van der Waals surface area contributed by atoms with Crippen LogP contribution in [-0.4, -0.2) is 33.0 Å². The van der Waals surface area contributed by atoms with Gasteiger partial charge in [-0.25, -0.2) is 22.8 Å². The number of methoxy groups -OCH3 is 1. The lowest BCUT2D eigenvalue weighted by atomic mass is 9.97. The van der Waals surface area contributed by atoms with E-state index >= 15 is 0 Å². The van der Waals surface area contributed by atoms with E-state index in [-0.39, 0.29) is 10.6 Å². The Morgan fingerprint density at radius 1 is 1.22 bits per heavy atom. The SMILES string of the molecule is COc1cc(-c2nnn3c2CCCC32Sc3c(cc(F)c(F)c3F)NC2=O)ccc1-c1cnc(C)o1. The van der Waals surface area contributed by atoms with E-state index in [0.717, 1.165) is 17.8 Å². The van der Waals surface area contributed by atoms with Crippen LogP contribution in [-0.2, 0) is 16.1 Å². The van der Waals surface area contributed by atoms with Gasteiger partial charge in [0.15, 0.2) is 34.0 Å². The summed E-state index contributed by atoms with van der Waals surface area (Å²) in [5.74, 6) is -3.18. The smallest absolute Gasteiger partial charge is 0.263 e. The number of fused-ring (bicyclic) bond motifs is 3. The zero-order valence-corrected chi connectivity index (χ0v) is 19.9. The number of halogens is 3. The van der Waals surface area contributed by atoms with Crippen molar-refractivity contribution in [2.45, 2.75) is 36.0 Å². The van der Waals surface area contributed by atoms with Gasteiger partial charge in [-0.3, -0.25) is 4.79 Å². The number of carbonyl (C=O) groups excluding carboxylic acids is 1. The number of hydrogen-bond acceptors (Lipinski definition) is 7. The van der Waals surface area contributed by atoms with Gasteiger partial charge in [0.2, 0.25) is 0 Å². The zero-order valence-electron chi connectivity index (χ0n) is 19.1. The Labute approximate surface area is 206 Å². The highest BCUT2D eigenvalue weighted by atomic mass is 32.2. The Kier molecular flexibility index (Phi) is 5.11. The van der Waals surface area contributed by atoms with Crippen LogP contribution in [0.1, 0.15) is 24.4 Å². The summed E-state index contributed by atoms with van der Waals surface area (Å²) in [6.45, 7) is 1.75. The first-order valence-electron chi connectivity index (χ1n) is 11.1. The summed E-state index contributed by atoms with van der Waals surface area (Å²) in [5.41, 5.74) is 2.51. The van der Waals surface area contributed by atoms with E-state index in [1.807, 2.05) is 12.1 Å². The first kappa shape index (κ1) is 22.7. The van der Waals surface area contributed by atoms with Crippen molar-refractivity contribution in [3.63, 3.8) is 0 Å². The number of nitrogens with zero attached hydrogens (tertiary/aromatic N) is 4. The maximum atomic E-state index is 14.7. The molecular formula is C24H18F3N5O3S. The number of rotatable bonds is 3. The molecular weight excluding hydrogens is 495 g/mol. The summed E-state index contributed by atoms with van der Waals surface area (Å²) >= 11 is 0.822. The molecule has 1 atom stereocenters. The Bertz CT molecular complexity index is 1550. The predicted octanol–water partition coefficient (Wildman–Crippen LogP) is 5.07. The van der Waals surface area contributed by atoms with Crippen molar-refractivity contribution in [2.24, 2.45) is 0 Å².